The smallest absolute Gasteiger partial charge is 0.0828 e. The van der Waals surface area contributed by atoms with E-state index in [4.69, 9.17) is 4.74 Å². The molecule has 0 bridgehead atoms. The molecule has 1 nitrogen and oxygen atoms in total. The van der Waals surface area contributed by atoms with Crippen LogP contribution in [0.3, 0.4) is 0 Å². The van der Waals surface area contributed by atoms with Crippen LogP contribution >= 0.6 is 0 Å². The quantitative estimate of drug-likeness (QED) is 0.613. The second-order valence-corrected chi connectivity index (χ2v) is 4.30. The molecule has 1 heteroatoms. The van der Waals surface area contributed by atoms with Gasteiger partial charge in [-0.05, 0) is 24.3 Å². The van der Waals surface area contributed by atoms with E-state index in [1.54, 1.807) is 7.11 Å². The molecule has 0 heterocycles. The number of hydrogen-bond donors (Lipinski definition) is 0. The van der Waals surface area contributed by atoms with Crippen LogP contribution < -0.4 is 0 Å². The molecule has 0 aromatic carbocycles. The molecule has 12 heavy (non-hydrogen) atoms. The summed E-state index contributed by atoms with van der Waals surface area (Å²) in [6.45, 7) is 10.5. The Balaban J connectivity index is 2.87. The van der Waals surface area contributed by atoms with Crippen molar-refractivity contribution in [2.45, 2.75) is 33.3 Å². The summed E-state index contributed by atoms with van der Waals surface area (Å²) in [5.41, 5.74) is 2.68. The van der Waals surface area contributed by atoms with Crippen LogP contribution in [-0.2, 0) is 4.74 Å². The number of rotatable bonds is 2. The first-order valence-electron chi connectivity index (χ1n) is 4.38. The fraction of sp³-hybridized carbons (Fsp3) is 0.636. The Labute approximate surface area is 75.1 Å². The van der Waals surface area contributed by atoms with Crippen LogP contribution in [0, 0.1) is 5.41 Å². The molecule has 1 atom stereocenters. The summed E-state index contributed by atoms with van der Waals surface area (Å²) in [6, 6.07) is 0. The lowest BCUT2D eigenvalue weighted by Gasteiger charge is -2.16. The number of hydrogen-bond acceptors (Lipinski definition) is 1. The first-order valence-corrected chi connectivity index (χ1v) is 4.38. The van der Waals surface area contributed by atoms with Crippen LogP contribution in [0.25, 0.3) is 0 Å². The topological polar surface area (TPSA) is 9.23 Å². The van der Waals surface area contributed by atoms with Crippen LogP contribution in [0.2, 0.25) is 0 Å². The minimum Gasteiger partial charge on any atom is -0.377 e. The highest BCUT2D eigenvalue weighted by Crippen LogP contribution is 2.38. The molecule has 0 amide bonds. The third kappa shape index (κ3) is 1.78. The fourth-order valence-electron chi connectivity index (χ4n) is 1.77. The van der Waals surface area contributed by atoms with Gasteiger partial charge in [0, 0.05) is 7.11 Å². The predicted molar refractivity (Wildman–Crippen MR) is 52.1 cm³/mol. The van der Waals surface area contributed by atoms with E-state index in [9.17, 15) is 0 Å². The second kappa shape index (κ2) is 3.06. The molecule has 0 aromatic rings. The minimum atomic E-state index is 0.262. The Kier molecular flexibility index (Phi) is 2.43. The second-order valence-electron chi connectivity index (χ2n) is 4.30. The maximum Gasteiger partial charge on any atom is 0.0828 e. The van der Waals surface area contributed by atoms with Crippen molar-refractivity contribution in [3.63, 3.8) is 0 Å². The third-order valence-electron chi connectivity index (χ3n) is 2.38. The van der Waals surface area contributed by atoms with Gasteiger partial charge in [-0.3, -0.25) is 0 Å². The number of ether oxygens (including phenoxy) is 1. The number of allylic oxidation sites excluding steroid dienone is 1. The van der Waals surface area contributed by atoms with Gasteiger partial charge in [-0.2, -0.15) is 0 Å². The van der Waals surface area contributed by atoms with Crippen LogP contribution in [0.4, 0.5) is 0 Å². The standard InChI is InChI=1S/C11H18O/c1-8(2)9-6-11(3,4)7-10(9)12-5/h6,10H,1,7H2,2-5H3. The van der Waals surface area contributed by atoms with Gasteiger partial charge in [0.05, 0.1) is 6.10 Å². The maximum atomic E-state index is 5.39. The Morgan fingerprint density at radius 3 is 2.58 bits per heavy atom. The van der Waals surface area contributed by atoms with Gasteiger partial charge in [0.1, 0.15) is 0 Å². The monoisotopic (exact) mass is 166 g/mol. The molecule has 0 saturated carbocycles. The molecule has 1 aliphatic rings. The molecule has 0 aromatic heterocycles. The molecule has 0 fully saturated rings. The summed E-state index contributed by atoms with van der Waals surface area (Å²) >= 11 is 0. The third-order valence-corrected chi connectivity index (χ3v) is 2.38. The van der Waals surface area contributed by atoms with Crippen molar-refractivity contribution in [3.8, 4) is 0 Å². The average Bonchev–Trinajstić information content (AvgIpc) is 2.25. The van der Waals surface area contributed by atoms with Gasteiger partial charge in [-0.1, -0.05) is 32.1 Å². The molecule has 1 aliphatic carbocycles. The SMILES string of the molecule is C=C(C)C1=CC(C)(C)CC1OC. The fourth-order valence-corrected chi connectivity index (χ4v) is 1.77. The Morgan fingerprint density at radius 2 is 2.25 bits per heavy atom. The van der Waals surface area contributed by atoms with E-state index < -0.39 is 0 Å². The van der Waals surface area contributed by atoms with Gasteiger partial charge in [-0.15, -0.1) is 0 Å². The van der Waals surface area contributed by atoms with Gasteiger partial charge in [0.2, 0.25) is 0 Å². The molecular formula is C11H18O. The van der Waals surface area contributed by atoms with Gasteiger partial charge in [0.25, 0.3) is 0 Å². The molecule has 0 aliphatic heterocycles. The van der Waals surface area contributed by atoms with E-state index in [1.165, 1.54) is 5.57 Å². The van der Waals surface area contributed by atoms with Gasteiger partial charge < -0.3 is 4.74 Å². The molecule has 0 saturated heterocycles. The van der Waals surface area contributed by atoms with Gasteiger partial charge in [0.15, 0.2) is 0 Å². The Morgan fingerprint density at radius 1 is 1.67 bits per heavy atom. The average molecular weight is 166 g/mol. The maximum absolute atomic E-state index is 5.39. The molecule has 0 radical (unpaired) electrons. The zero-order chi connectivity index (χ0) is 9.35. The summed E-state index contributed by atoms with van der Waals surface area (Å²) in [5.74, 6) is 0. The van der Waals surface area contributed by atoms with E-state index >= 15 is 0 Å². The lowest BCUT2D eigenvalue weighted by Crippen LogP contribution is -2.13. The molecule has 0 N–H and O–H groups in total. The van der Waals surface area contributed by atoms with E-state index in [1.807, 2.05) is 6.92 Å². The molecule has 1 unspecified atom stereocenters. The summed E-state index contributed by atoms with van der Waals surface area (Å²) in [7, 11) is 1.77. The van der Waals surface area contributed by atoms with E-state index in [2.05, 4.69) is 26.5 Å². The largest absolute Gasteiger partial charge is 0.377 e. The number of methoxy groups -OCH3 is 1. The van der Waals surface area contributed by atoms with Crippen molar-refractivity contribution < 1.29 is 4.74 Å². The summed E-state index contributed by atoms with van der Waals surface area (Å²) < 4.78 is 5.39. The van der Waals surface area contributed by atoms with Crippen LogP contribution in [-0.4, -0.2) is 13.2 Å². The highest BCUT2D eigenvalue weighted by molar-refractivity contribution is 5.36. The van der Waals surface area contributed by atoms with E-state index in [0.717, 1.165) is 12.0 Å². The summed E-state index contributed by atoms with van der Waals surface area (Å²) in [6.07, 6.45) is 3.62. The van der Waals surface area contributed by atoms with E-state index in [0.29, 0.717) is 0 Å². The first-order chi connectivity index (χ1) is 5.46. The molecule has 68 valence electrons. The summed E-state index contributed by atoms with van der Waals surface area (Å²) in [4.78, 5) is 0. The van der Waals surface area contributed by atoms with Crippen molar-refractivity contribution in [1.82, 2.24) is 0 Å². The lowest BCUT2D eigenvalue weighted by molar-refractivity contribution is 0.116. The molecule has 0 spiro atoms. The Hall–Kier alpha value is -0.560. The van der Waals surface area contributed by atoms with Crippen molar-refractivity contribution >= 4 is 0 Å². The molecular weight excluding hydrogens is 148 g/mol. The summed E-state index contributed by atoms with van der Waals surface area (Å²) in [5, 5.41) is 0. The Bertz CT molecular complexity index is 223. The van der Waals surface area contributed by atoms with Crippen LogP contribution in [0.15, 0.2) is 23.8 Å². The van der Waals surface area contributed by atoms with Crippen molar-refractivity contribution in [1.29, 1.82) is 0 Å². The normalized spacial score (nSPS) is 27.0. The first kappa shape index (κ1) is 9.53. The minimum absolute atomic E-state index is 0.262. The molecule has 1 rings (SSSR count). The van der Waals surface area contributed by atoms with Crippen molar-refractivity contribution in [3.05, 3.63) is 23.8 Å². The van der Waals surface area contributed by atoms with Crippen LogP contribution in [0.5, 0.6) is 0 Å². The van der Waals surface area contributed by atoms with Crippen molar-refractivity contribution in [2.75, 3.05) is 7.11 Å². The highest BCUT2D eigenvalue weighted by atomic mass is 16.5. The zero-order valence-electron chi connectivity index (χ0n) is 8.48. The van der Waals surface area contributed by atoms with Gasteiger partial charge in [-0.25, -0.2) is 0 Å². The predicted octanol–water partition coefficient (Wildman–Crippen LogP) is 2.93. The van der Waals surface area contributed by atoms with E-state index in [-0.39, 0.29) is 11.5 Å². The van der Waals surface area contributed by atoms with Gasteiger partial charge >= 0.3 is 0 Å². The van der Waals surface area contributed by atoms with Crippen LogP contribution in [0.1, 0.15) is 27.2 Å². The lowest BCUT2D eigenvalue weighted by atomic mass is 9.93. The zero-order valence-corrected chi connectivity index (χ0v) is 8.48. The highest BCUT2D eigenvalue weighted by Gasteiger charge is 2.31. The van der Waals surface area contributed by atoms with Crippen molar-refractivity contribution in [2.24, 2.45) is 5.41 Å².